The second-order valence-corrected chi connectivity index (χ2v) is 6.54. The highest BCUT2D eigenvalue weighted by Crippen LogP contribution is 2.35. The van der Waals surface area contributed by atoms with E-state index in [0.717, 1.165) is 33.8 Å². The van der Waals surface area contributed by atoms with Crippen LogP contribution in [0.1, 0.15) is 30.0 Å². The molecule has 0 spiro atoms. The summed E-state index contributed by atoms with van der Waals surface area (Å²) in [6.45, 7) is 0. The quantitative estimate of drug-likeness (QED) is 0.763. The Morgan fingerprint density at radius 3 is 2.86 bits per heavy atom. The number of hydrogen-bond donors (Lipinski definition) is 1. The summed E-state index contributed by atoms with van der Waals surface area (Å²) < 4.78 is 6.24. The summed E-state index contributed by atoms with van der Waals surface area (Å²) in [7, 11) is 1.71. The third-order valence-electron chi connectivity index (χ3n) is 3.92. The van der Waals surface area contributed by atoms with Crippen LogP contribution >= 0.6 is 27.5 Å². The average Bonchev–Trinajstić information content (AvgIpc) is 2.50. The number of nitrogens with one attached hydrogen (secondary N) is 1. The molecule has 3 rings (SSSR count). The first-order valence-electron chi connectivity index (χ1n) is 7.06. The minimum Gasteiger partial charge on any atom is -0.497 e. The van der Waals surface area contributed by atoms with Crippen LogP contribution in [0, 0.1) is 0 Å². The molecule has 4 heteroatoms. The van der Waals surface area contributed by atoms with Gasteiger partial charge in [-0.05, 0) is 76.7 Å². The highest BCUT2D eigenvalue weighted by Gasteiger charge is 2.20. The van der Waals surface area contributed by atoms with E-state index < -0.39 is 0 Å². The molecule has 1 aliphatic carbocycles. The zero-order valence-electron chi connectivity index (χ0n) is 11.8. The third kappa shape index (κ3) is 3.19. The zero-order valence-corrected chi connectivity index (χ0v) is 14.2. The van der Waals surface area contributed by atoms with Crippen molar-refractivity contribution in [2.24, 2.45) is 0 Å². The number of ether oxygens (including phenoxy) is 1. The van der Waals surface area contributed by atoms with E-state index in [0.29, 0.717) is 6.04 Å². The molecule has 110 valence electrons. The molecule has 0 aliphatic heterocycles. The molecule has 1 N–H and O–H groups in total. The largest absolute Gasteiger partial charge is 0.497 e. The van der Waals surface area contributed by atoms with Gasteiger partial charge in [0.2, 0.25) is 0 Å². The molecular formula is C17H17BrClNO. The lowest BCUT2D eigenvalue weighted by Crippen LogP contribution is -2.17. The van der Waals surface area contributed by atoms with Crippen LogP contribution in [0.3, 0.4) is 0 Å². The van der Waals surface area contributed by atoms with Gasteiger partial charge in [-0.3, -0.25) is 0 Å². The summed E-state index contributed by atoms with van der Waals surface area (Å²) in [5.74, 6) is 0.934. The molecule has 1 unspecified atom stereocenters. The van der Waals surface area contributed by atoms with Crippen molar-refractivity contribution in [3.05, 3.63) is 57.0 Å². The molecule has 0 amide bonds. The first-order chi connectivity index (χ1) is 10.2. The van der Waals surface area contributed by atoms with Gasteiger partial charge in [0, 0.05) is 10.2 Å². The van der Waals surface area contributed by atoms with Gasteiger partial charge in [0.15, 0.2) is 0 Å². The maximum absolute atomic E-state index is 6.05. The van der Waals surface area contributed by atoms with Crippen LogP contribution in [-0.4, -0.2) is 7.11 Å². The first kappa shape index (κ1) is 14.7. The van der Waals surface area contributed by atoms with Crippen molar-refractivity contribution in [2.75, 3.05) is 12.4 Å². The van der Waals surface area contributed by atoms with E-state index in [1.54, 1.807) is 7.11 Å². The number of aryl methyl sites for hydroxylation is 1. The summed E-state index contributed by atoms with van der Waals surface area (Å²) in [5.41, 5.74) is 3.83. The van der Waals surface area contributed by atoms with E-state index in [1.807, 2.05) is 24.3 Å². The molecule has 0 saturated heterocycles. The standard InChI is InChI=1S/C17H17BrClNO/c1-21-13-6-7-14-11(9-13)3-2-4-17(14)20-12-5-8-16(19)15(18)10-12/h5-10,17,20H,2-4H2,1H3. The van der Waals surface area contributed by atoms with Gasteiger partial charge in [0.1, 0.15) is 5.75 Å². The van der Waals surface area contributed by atoms with Crippen molar-refractivity contribution < 1.29 is 4.74 Å². The summed E-state index contributed by atoms with van der Waals surface area (Å²) in [6, 6.07) is 12.7. The highest BCUT2D eigenvalue weighted by molar-refractivity contribution is 9.10. The van der Waals surface area contributed by atoms with Gasteiger partial charge in [0.25, 0.3) is 0 Å². The van der Waals surface area contributed by atoms with Gasteiger partial charge in [0.05, 0.1) is 18.2 Å². The molecule has 0 saturated carbocycles. The van der Waals surface area contributed by atoms with E-state index in [9.17, 15) is 0 Å². The van der Waals surface area contributed by atoms with E-state index in [2.05, 4.69) is 33.4 Å². The van der Waals surface area contributed by atoms with Gasteiger partial charge in [-0.1, -0.05) is 17.7 Å². The van der Waals surface area contributed by atoms with Crippen LogP contribution in [-0.2, 0) is 6.42 Å². The van der Waals surface area contributed by atoms with Crippen molar-refractivity contribution in [3.8, 4) is 5.75 Å². The highest BCUT2D eigenvalue weighted by atomic mass is 79.9. The molecule has 0 heterocycles. The SMILES string of the molecule is COc1ccc2c(c1)CCCC2Nc1ccc(Cl)c(Br)c1. The number of hydrogen-bond acceptors (Lipinski definition) is 2. The van der Waals surface area contributed by atoms with Crippen molar-refractivity contribution in [3.63, 3.8) is 0 Å². The molecule has 0 fully saturated rings. The van der Waals surface area contributed by atoms with Crippen molar-refractivity contribution in [1.82, 2.24) is 0 Å². The maximum atomic E-state index is 6.05. The molecule has 21 heavy (non-hydrogen) atoms. The summed E-state index contributed by atoms with van der Waals surface area (Å²) in [5, 5.41) is 4.34. The predicted molar refractivity (Wildman–Crippen MR) is 91.4 cm³/mol. The molecular weight excluding hydrogens is 350 g/mol. The van der Waals surface area contributed by atoms with Crippen LogP contribution < -0.4 is 10.1 Å². The Morgan fingerprint density at radius 2 is 2.10 bits per heavy atom. The van der Waals surface area contributed by atoms with Crippen LogP contribution in [0.2, 0.25) is 5.02 Å². The number of rotatable bonds is 3. The fraction of sp³-hybridized carbons (Fsp3) is 0.294. The van der Waals surface area contributed by atoms with Crippen LogP contribution in [0.5, 0.6) is 5.75 Å². The van der Waals surface area contributed by atoms with Gasteiger partial charge in [-0.25, -0.2) is 0 Å². The Morgan fingerprint density at radius 1 is 1.24 bits per heavy atom. The normalized spacial score (nSPS) is 17.2. The Balaban J connectivity index is 1.86. The van der Waals surface area contributed by atoms with Gasteiger partial charge in [-0.15, -0.1) is 0 Å². The van der Waals surface area contributed by atoms with Crippen molar-refractivity contribution in [2.45, 2.75) is 25.3 Å². The smallest absolute Gasteiger partial charge is 0.119 e. The lowest BCUT2D eigenvalue weighted by atomic mass is 9.87. The van der Waals surface area contributed by atoms with E-state index in [1.165, 1.54) is 17.5 Å². The maximum Gasteiger partial charge on any atom is 0.119 e. The van der Waals surface area contributed by atoms with Gasteiger partial charge < -0.3 is 10.1 Å². The van der Waals surface area contributed by atoms with Crippen LogP contribution in [0.25, 0.3) is 0 Å². The zero-order chi connectivity index (χ0) is 14.8. The van der Waals surface area contributed by atoms with Crippen molar-refractivity contribution >= 4 is 33.2 Å². The third-order valence-corrected chi connectivity index (χ3v) is 5.14. The summed E-state index contributed by atoms with van der Waals surface area (Å²) in [6.07, 6.45) is 3.45. The molecule has 1 aliphatic rings. The number of anilines is 1. The van der Waals surface area contributed by atoms with Gasteiger partial charge >= 0.3 is 0 Å². The fourth-order valence-corrected chi connectivity index (χ4v) is 3.35. The summed E-state index contributed by atoms with van der Waals surface area (Å²) in [4.78, 5) is 0. The van der Waals surface area contributed by atoms with E-state index >= 15 is 0 Å². The number of halogens is 2. The number of methoxy groups -OCH3 is 1. The fourth-order valence-electron chi connectivity index (χ4n) is 2.85. The molecule has 2 nitrogen and oxygen atoms in total. The first-order valence-corrected chi connectivity index (χ1v) is 8.23. The van der Waals surface area contributed by atoms with Crippen molar-refractivity contribution in [1.29, 1.82) is 0 Å². The molecule has 0 aromatic heterocycles. The van der Waals surface area contributed by atoms with Crippen LogP contribution in [0.4, 0.5) is 5.69 Å². The van der Waals surface area contributed by atoms with E-state index in [4.69, 9.17) is 16.3 Å². The monoisotopic (exact) mass is 365 g/mol. The Hall–Kier alpha value is -1.19. The lowest BCUT2D eigenvalue weighted by Gasteiger charge is -2.27. The minimum absolute atomic E-state index is 0.340. The average molecular weight is 367 g/mol. The van der Waals surface area contributed by atoms with Gasteiger partial charge in [-0.2, -0.15) is 0 Å². The molecule has 2 aromatic carbocycles. The Bertz CT molecular complexity index is 659. The molecule has 0 bridgehead atoms. The molecule has 2 aromatic rings. The molecule has 1 atom stereocenters. The Labute approximate surface area is 138 Å². The predicted octanol–water partition coefficient (Wildman–Crippen LogP) is 5.60. The number of fused-ring (bicyclic) bond motifs is 1. The second-order valence-electron chi connectivity index (χ2n) is 5.28. The topological polar surface area (TPSA) is 21.3 Å². The van der Waals surface area contributed by atoms with E-state index in [-0.39, 0.29) is 0 Å². The molecule has 0 radical (unpaired) electrons. The Kier molecular flexibility index (Phi) is 4.41. The lowest BCUT2D eigenvalue weighted by molar-refractivity contribution is 0.413. The summed E-state index contributed by atoms with van der Waals surface area (Å²) >= 11 is 9.52. The number of benzene rings is 2. The second kappa shape index (κ2) is 6.29. The van der Waals surface area contributed by atoms with Crippen LogP contribution in [0.15, 0.2) is 40.9 Å². The minimum atomic E-state index is 0.340.